The molecule has 2 heterocycles. The second-order valence-corrected chi connectivity index (χ2v) is 4.50. The van der Waals surface area contributed by atoms with Crippen LogP contribution in [0.5, 0.6) is 0 Å². The Morgan fingerprint density at radius 2 is 2.39 bits per heavy atom. The van der Waals surface area contributed by atoms with Gasteiger partial charge in [-0.25, -0.2) is 4.98 Å². The fourth-order valence-corrected chi connectivity index (χ4v) is 2.54. The third-order valence-corrected chi connectivity index (χ3v) is 3.37. The molecule has 2 aromatic rings. The summed E-state index contributed by atoms with van der Waals surface area (Å²) in [6, 6.07) is 7.95. The van der Waals surface area contributed by atoms with Crippen LogP contribution < -0.4 is 5.73 Å². The molecule has 1 saturated heterocycles. The van der Waals surface area contributed by atoms with Crippen LogP contribution in [0.1, 0.15) is 24.4 Å². The molecule has 18 heavy (non-hydrogen) atoms. The summed E-state index contributed by atoms with van der Waals surface area (Å²) in [7, 11) is 0. The van der Waals surface area contributed by atoms with Crippen molar-refractivity contribution in [1.29, 1.82) is 5.26 Å². The normalized spacial score (nSPS) is 19.8. The van der Waals surface area contributed by atoms with E-state index in [1.54, 1.807) is 6.07 Å². The third-order valence-electron chi connectivity index (χ3n) is 3.37. The summed E-state index contributed by atoms with van der Waals surface area (Å²) in [5, 5.41) is 9.08. The van der Waals surface area contributed by atoms with Crippen LogP contribution in [0.4, 0.5) is 5.95 Å². The number of hydrogen-bond donors (Lipinski definition) is 1. The number of nitriles is 1. The number of hydrogen-bond acceptors (Lipinski definition) is 4. The second kappa shape index (κ2) is 4.31. The molecule has 5 heteroatoms. The summed E-state index contributed by atoms with van der Waals surface area (Å²) in [4.78, 5) is 4.32. The molecule has 1 aromatic heterocycles. The number of nitrogen functional groups attached to an aromatic ring is 1. The monoisotopic (exact) mass is 242 g/mol. The molecule has 0 bridgehead atoms. The first kappa shape index (κ1) is 11.1. The summed E-state index contributed by atoms with van der Waals surface area (Å²) in [6.07, 6.45) is 2.06. The number of rotatable bonds is 1. The van der Waals surface area contributed by atoms with Crippen molar-refractivity contribution < 1.29 is 4.74 Å². The average molecular weight is 242 g/mol. The lowest BCUT2D eigenvalue weighted by Gasteiger charge is -2.24. The number of fused-ring (bicyclic) bond motifs is 1. The van der Waals surface area contributed by atoms with Gasteiger partial charge in [0.1, 0.15) is 11.6 Å². The molecule has 2 N–H and O–H groups in total. The molecule has 1 aliphatic heterocycles. The summed E-state index contributed by atoms with van der Waals surface area (Å²) >= 11 is 0. The van der Waals surface area contributed by atoms with E-state index in [4.69, 9.17) is 15.7 Å². The standard InChI is InChI=1S/C13H14N4O/c14-7-9-3-1-5-11-12(9)16-13(15)17(11)10-4-2-6-18-8-10/h1,3,5,10H,2,4,6,8H2,(H2,15,16). The van der Waals surface area contributed by atoms with Gasteiger partial charge >= 0.3 is 0 Å². The number of ether oxygens (including phenoxy) is 1. The number of benzene rings is 1. The van der Waals surface area contributed by atoms with E-state index in [9.17, 15) is 0 Å². The minimum Gasteiger partial charge on any atom is -0.379 e. The molecule has 1 aliphatic rings. The first-order valence-corrected chi connectivity index (χ1v) is 6.05. The van der Waals surface area contributed by atoms with Crippen molar-refractivity contribution in [2.75, 3.05) is 18.9 Å². The zero-order valence-corrected chi connectivity index (χ0v) is 9.97. The highest BCUT2D eigenvalue weighted by Gasteiger charge is 2.21. The quantitative estimate of drug-likeness (QED) is 0.827. The predicted octanol–water partition coefficient (Wildman–Crippen LogP) is 1.84. The topological polar surface area (TPSA) is 76.9 Å². The van der Waals surface area contributed by atoms with Crippen LogP contribution in [-0.4, -0.2) is 22.8 Å². The second-order valence-electron chi connectivity index (χ2n) is 4.50. The first-order chi connectivity index (χ1) is 8.81. The van der Waals surface area contributed by atoms with Crippen LogP contribution in [0, 0.1) is 11.3 Å². The number of nitrogens with zero attached hydrogens (tertiary/aromatic N) is 3. The molecule has 1 aromatic carbocycles. The van der Waals surface area contributed by atoms with Crippen LogP contribution in [0.2, 0.25) is 0 Å². The summed E-state index contributed by atoms with van der Waals surface area (Å²) in [5.74, 6) is 0.461. The van der Waals surface area contributed by atoms with E-state index in [1.165, 1.54) is 0 Å². The van der Waals surface area contributed by atoms with Gasteiger partial charge in [-0.1, -0.05) is 6.07 Å². The summed E-state index contributed by atoms with van der Waals surface area (Å²) < 4.78 is 7.49. The number of aromatic nitrogens is 2. The van der Waals surface area contributed by atoms with E-state index >= 15 is 0 Å². The van der Waals surface area contributed by atoms with Gasteiger partial charge in [-0.15, -0.1) is 0 Å². The van der Waals surface area contributed by atoms with Gasteiger partial charge in [0.2, 0.25) is 5.95 Å². The maximum absolute atomic E-state index is 9.08. The Hall–Kier alpha value is -2.06. The lowest BCUT2D eigenvalue weighted by Crippen LogP contribution is -2.22. The molecular weight excluding hydrogens is 228 g/mol. The zero-order chi connectivity index (χ0) is 12.5. The molecular formula is C13H14N4O. The molecule has 0 amide bonds. The van der Waals surface area contributed by atoms with E-state index in [2.05, 4.69) is 11.1 Å². The SMILES string of the molecule is N#Cc1cccc2c1nc(N)n2C1CCCOC1. The van der Waals surface area contributed by atoms with Crippen molar-refractivity contribution in [3.05, 3.63) is 23.8 Å². The Morgan fingerprint density at radius 3 is 3.11 bits per heavy atom. The number of imidazole rings is 1. The van der Waals surface area contributed by atoms with Crippen molar-refractivity contribution in [3.8, 4) is 6.07 Å². The molecule has 92 valence electrons. The molecule has 0 spiro atoms. The lowest BCUT2D eigenvalue weighted by molar-refractivity contribution is 0.0611. The zero-order valence-electron chi connectivity index (χ0n) is 9.97. The van der Waals surface area contributed by atoms with E-state index in [0.717, 1.165) is 25.0 Å². The van der Waals surface area contributed by atoms with Crippen molar-refractivity contribution in [2.24, 2.45) is 0 Å². The van der Waals surface area contributed by atoms with Crippen LogP contribution in [0.25, 0.3) is 11.0 Å². The van der Waals surface area contributed by atoms with Gasteiger partial charge < -0.3 is 15.0 Å². The number of nitrogens with two attached hydrogens (primary N) is 1. The molecule has 0 saturated carbocycles. The Morgan fingerprint density at radius 1 is 1.50 bits per heavy atom. The summed E-state index contributed by atoms with van der Waals surface area (Å²) in [5.41, 5.74) is 8.16. The smallest absolute Gasteiger partial charge is 0.201 e. The van der Waals surface area contributed by atoms with E-state index < -0.39 is 0 Å². The molecule has 3 rings (SSSR count). The van der Waals surface area contributed by atoms with Crippen LogP contribution in [-0.2, 0) is 4.74 Å². The Balaban J connectivity index is 2.17. The van der Waals surface area contributed by atoms with Gasteiger partial charge in [0.25, 0.3) is 0 Å². The minimum atomic E-state index is 0.220. The molecule has 1 atom stereocenters. The van der Waals surface area contributed by atoms with Crippen molar-refractivity contribution in [1.82, 2.24) is 9.55 Å². The van der Waals surface area contributed by atoms with Crippen LogP contribution in [0.3, 0.4) is 0 Å². The van der Waals surface area contributed by atoms with Gasteiger partial charge in [0.15, 0.2) is 0 Å². The average Bonchev–Trinajstić information content (AvgIpc) is 2.75. The maximum atomic E-state index is 9.08. The van der Waals surface area contributed by atoms with Crippen molar-refractivity contribution in [2.45, 2.75) is 18.9 Å². The van der Waals surface area contributed by atoms with Crippen molar-refractivity contribution >= 4 is 17.0 Å². The highest BCUT2D eigenvalue weighted by molar-refractivity contribution is 5.84. The number of para-hydroxylation sites is 1. The predicted molar refractivity (Wildman–Crippen MR) is 68.0 cm³/mol. The fraction of sp³-hybridized carbons (Fsp3) is 0.385. The molecule has 1 unspecified atom stereocenters. The Bertz CT molecular complexity index is 620. The highest BCUT2D eigenvalue weighted by atomic mass is 16.5. The molecule has 0 aliphatic carbocycles. The van der Waals surface area contributed by atoms with Gasteiger partial charge in [-0.05, 0) is 25.0 Å². The van der Waals surface area contributed by atoms with Gasteiger partial charge in [0.05, 0.1) is 23.7 Å². The van der Waals surface area contributed by atoms with E-state index in [-0.39, 0.29) is 6.04 Å². The fourth-order valence-electron chi connectivity index (χ4n) is 2.54. The van der Waals surface area contributed by atoms with Crippen LogP contribution >= 0.6 is 0 Å². The Labute approximate surface area is 105 Å². The number of anilines is 1. The van der Waals surface area contributed by atoms with E-state index in [0.29, 0.717) is 23.6 Å². The first-order valence-electron chi connectivity index (χ1n) is 6.05. The summed E-state index contributed by atoms with van der Waals surface area (Å²) in [6.45, 7) is 1.47. The van der Waals surface area contributed by atoms with E-state index in [1.807, 2.05) is 16.7 Å². The molecule has 0 radical (unpaired) electrons. The van der Waals surface area contributed by atoms with Gasteiger partial charge in [0, 0.05) is 6.61 Å². The lowest BCUT2D eigenvalue weighted by atomic mass is 10.1. The largest absolute Gasteiger partial charge is 0.379 e. The van der Waals surface area contributed by atoms with Gasteiger partial charge in [-0.3, -0.25) is 0 Å². The maximum Gasteiger partial charge on any atom is 0.201 e. The van der Waals surface area contributed by atoms with Crippen LogP contribution in [0.15, 0.2) is 18.2 Å². The third kappa shape index (κ3) is 1.62. The molecule has 1 fully saturated rings. The van der Waals surface area contributed by atoms with Crippen molar-refractivity contribution in [3.63, 3.8) is 0 Å². The minimum absolute atomic E-state index is 0.220. The highest BCUT2D eigenvalue weighted by Crippen LogP contribution is 2.29. The molecule has 5 nitrogen and oxygen atoms in total. The van der Waals surface area contributed by atoms with Gasteiger partial charge in [-0.2, -0.15) is 5.26 Å². The Kier molecular flexibility index (Phi) is 2.65.